The number of hydrogen-bond acceptors (Lipinski definition) is 1. The third kappa shape index (κ3) is 3.50. The zero-order valence-electron chi connectivity index (χ0n) is 10.1. The summed E-state index contributed by atoms with van der Waals surface area (Å²) in [5.41, 5.74) is 2.51. The first-order valence-corrected chi connectivity index (χ1v) is 6.51. The molecule has 1 aromatic carbocycles. The van der Waals surface area contributed by atoms with Crippen molar-refractivity contribution in [1.29, 1.82) is 0 Å². The molecule has 1 aliphatic rings. The highest BCUT2D eigenvalue weighted by molar-refractivity contribution is 6.31. The Hall–Kier alpha value is -0.530. The molecular weight excluding hydrogens is 218 g/mol. The molecular formula is C14H20ClN. The Bertz CT molecular complexity index is 358. The van der Waals surface area contributed by atoms with Crippen LogP contribution >= 0.6 is 11.6 Å². The Balaban J connectivity index is 1.86. The lowest BCUT2D eigenvalue weighted by Gasteiger charge is -2.13. The maximum absolute atomic E-state index is 6.23. The zero-order chi connectivity index (χ0) is 11.5. The van der Waals surface area contributed by atoms with Gasteiger partial charge in [0.1, 0.15) is 0 Å². The van der Waals surface area contributed by atoms with Crippen LogP contribution in [0.5, 0.6) is 0 Å². The highest BCUT2D eigenvalue weighted by atomic mass is 35.5. The van der Waals surface area contributed by atoms with Crippen molar-refractivity contribution in [3.05, 3.63) is 34.3 Å². The van der Waals surface area contributed by atoms with Gasteiger partial charge < -0.3 is 5.32 Å². The van der Waals surface area contributed by atoms with Crippen molar-refractivity contribution in [2.45, 2.75) is 39.2 Å². The van der Waals surface area contributed by atoms with E-state index < -0.39 is 0 Å². The molecule has 1 fully saturated rings. The minimum absolute atomic E-state index is 0.654. The zero-order valence-corrected chi connectivity index (χ0v) is 10.8. The molecule has 0 saturated heterocycles. The first-order chi connectivity index (χ1) is 7.65. The molecule has 88 valence electrons. The highest BCUT2D eigenvalue weighted by Crippen LogP contribution is 2.22. The number of halogens is 1. The van der Waals surface area contributed by atoms with Crippen LogP contribution < -0.4 is 5.32 Å². The molecule has 1 N–H and O–H groups in total. The quantitative estimate of drug-likeness (QED) is 0.826. The Morgan fingerprint density at radius 1 is 1.44 bits per heavy atom. The number of benzene rings is 1. The minimum Gasteiger partial charge on any atom is -0.314 e. The predicted molar refractivity (Wildman–Crippen MR) is 70.1 cm³/mol. The van der Waals surface area contributed by atoms with E-state index in [2.05, 4.69) is 37.4 Å². The first-order valence-electron chi connectivity index (χ1n) is 6.13. The average Bonchev–Trinajstić information content (AvgIpc) is 3.03. The Labute approximate surface area is 103 Å². The van der Waals surface area contributed by atoms with Crippen molar-refractivity contribution in [3.63, 3.8) is 0 Å². The third-order valence-electron chi connectivity index (χ3n) is 3.11. The third-order valence-corrected chi connectivity index (χ3v) is 3.46. The van der Waals surface area contributed by atoms with Crippen molar-refractivity contribution in [2.75, 3.05) is 6.54 Å². The van der Waals surface area contributed by atoms with Crippen molar-refractivity contribution in [3.8, 4) is 0 Å². The summed E-state index contributed by atoms with van der Waals surface area (Å²) in [6.45, 7) is 5.47. The van der Waals surface area contributed by atoms with Gasteiger partial charge in [0.25, 0.3) is 0 Å². The Kier molecular flexibility index (Phi) is 3.88. The van der Waals surface area contributed by atoms with Gasteiger partial charge in [-0.05, 0) is 55.8 Å². The number of aryl methyl sites for hydroxylation is 1. The van der Waals surface area contributed by atoms with E-state index in [-0.39, 0.29) is 0 Å². The summed E-state index contributed by atoms with van der Waals surface area (Å²) in [5.74, 6) is 0.654. The number of rotatable bonds is 5. The van der Waals surface area contributed by atoms with Crippen LogP contribution in [0.1, 0.15) is 30.9 Å². The van der Waals surface area contributed by atoms with Crippen molar-refractivity contribution < 1.29 is 0 Å². The second-order valence-corrected chi connectivity index (χ2v) is 5.49. The molecule has 0 aromatic heterocycles. The van der Waals surface area contributed by atoms with E-state index >= 15 is 0 Å². The summed E-state index contributed by atoms with van der Waals surface area (Å²) in [6, 6.07) is 7.15. The second kappa shape index (κ2) is 5.20. The lowest BCUT2D eigenvalue weighted by molar-refractivity contribution is 0.509. The largest absolute Gasteiger partial charge is 0.314 e. The molecule has 2 heteroatoms. The van der Waals surface area contributed by atoms with Crippen LogP contribution in [0.15, 0.2) is 18.2 Å². The van der Waals surface area contributed by atoms with Crippen LogP contribution in [0.2, 0.25) is 5.02 Å². The van der Waals surface area contributed by atoms with E-state index in [1.165, 1.54) is 24.0 Å². The molecule has 2 rings (SSSR count). The van der Waals surface area contributed by atoms with Gasteiger partial charge in [-0.2, -0.15) is 0 Å². The molecule has 0 heterocycles. The van der Waals surface area contributed by atoms with Gasteiger partial charge in [0.15, 0.2) is 0 Å². The second-order valence-electron chi connectivity index (χ2n) is 5.09. The smallest absolute Gasteiger partial charge is 0.0440 e. The lowest BCUT2D eigenvalue weighted by Crippen LogP contribution is -2.24. The maximum Gasteiger partial charge on any atom is 0.0440 e. The molecule has 1 atom stereocenters. The molecule has 0 bridgehead atoms. The molecule has 1 saturated carbocycles. The molecule has 1 unspecified atom stereocenters. The van der Waals surface area contributed by atoms with Gasteiger partial charge in [-0.15, -0.1) is 0 Å². The fourth-order valence-corrected chi connectivity index (χ4v) is 2.23. The lowest BCUT2D eigenvalue weighted by atomic mass is 10.00. The van der Waals surface area contributed by atoms with Crippen LogP contribution in [0.3, 0.4) is 0 Å². The average molecular weight is 238 g/mol. The van der Waals surface area contributed by atoms with Gasteiger partial charge in [0.2, 0.25) is 0 Å². The molecule has 1 aromatic rings. The summed E-state index contributed by atoms with van der Waals surface area (Å²) < 4.78 is 0. The SMILES string of the molecule is Cc1ccc(CC(C)CNC2CC2)c(Cl)c1. The molecule has 1 aliphatic carbocycles. The van der Waals surface area contributed by atoms with Gasteiger partial charge in [-0.1, -0.05) is 30.7 Å². The Morgan fingerprint density at radius 3 is 2.81 bits per heavy atom. The van der Waals surface area contributed by atoms with E-state index in [0.717, 1.165) is 24.0 Å². The van der Waals surface area contributed by atoms with Gasteiger partial charge in [0, 0.05) is 11.1 Å². The topological polar surface area (TPSA) is 12.0 Å². The molecule has 0 aliphatic heterocycles. The van der Waals surface area contributed by atoms with Gasteiger partial charge in [-0.25, -0.2) is 0 Å². The van der Waals surface area contributed by atoms with E-state index in [1.54, 1.807) is 0 Å². The number of nitrogens with one attached hydrogen (secondary N) is 1. The van der Waals surface area contributed by atoms with E-state index in [1.807, 2.05) is 0 Å². The van der Waals surface area contributed by atoms with Gasteiger partial charge >= 0.3 is 0 Å². The summed E-state index contributed by atoms with van der Waals surface area (Å²) in [4.78, 5) is 0. The normalized spacial score (nSPS) is 17.4. The fraction of sp³-hybridized carbons (Fsp3) is 0.571. The van der Waals surface area contributed by atoms with Crippen LogP contribution in [-0.2, 0) is 6.42 Å². The van der Waals surface area contributed by atoms with Crippen LogP contribution in [0.25, 0.3) is 0 Å². The van der Waals surface area contributed by atoms with Gasteiger partial charge in [0.05, 0.1) is 0 Å². The van der Waals surface area contributed by atoms with E-state index in [4.69, 9.17) is 11.6 Å². The van der Waals surface area contributed by atoms with Crippen LogP contribution in [-0.4, -0.2) is 12.6 Å². The molecule has 0 spiro atoms. The first kappa shape index (κ1) is 11.9. The standard InChI is InChI=1S/C14H20ClN/c1-10-3-4-12(14(15)8-10)7-11(2)9-16-13-5-6-13/h3-4,8,11,13,16H,5-7,9H2,1-2H3. The monoisotopic (exact) mass is 237 g/mol. The van der Waals surface area contributed by atoms with Crippen molar-refractivity contribution in [1.82, 2.24) is 5.32 Å². The summed E-state index contributed by atoms with van der Waals surface area (Å²) in [7, 11) is 0. The van der Waals surface area contributed by atoms with E-state index in [9.17, 15) is 0 Å². The van der Waals surface area contributed by atoms with Crippen LogP contribution in [0.4, 0.5) is 0 Å². The summed E-state index contributed by atoms with van der Waals surface area (Å²) >= 11 is 6.23. The highest BCUT2D eigenvalue weighted by Gasteiger charge is 2.20. The number of hydrogen-bond donors (Lipinski definition) is 1. The van der Waals surface area contributed by atoms with Gasteiger partial charge in [-0.3, -0.25) is 0 Å². The Morgan fingerprint density at radius 2 is 2.19 bits per heavy atom. The van der Waals surface area contributed by atoms with Crippen LogP contribution in [0, 0.1) is 12.8 Å². The summed E-state index contributed by atoms with van der Waals surface area (Å²) in [5, 5.41) is 4.48. The molecule has 1 nitrogen and oxygen atoms in total. The van der Waals surface area contributed by atoms with Crippen molar-refractivity contribution >= 4 is 11.6 Å². The van der Waals surface area contributed by atoms with Crippen molar-refractivity contribution in [2.24, 2.45) is 5.92 Å². The minimum atomic E-state index is 0.654. The molecule has 16 heavy (non-hydrogen) atoms. The molecule has 0 amide bonds. The maximum atomic E-state index is 6.23. The fourth-order valence-electron chi connectivity index (χ4n) is 1.92. The summed E-state index contributed by atoms with van der Waals surface area (Å²) in [6.07, 6.45) is 3.79. The predicted octanol–water partition coefficient (Wildman–Crippen LogP) is 3.58. The van der Waals surface area contributed by atoms with E-state index in [0.29, 0.717) is 5.92 Å². The molecule has 0 radical (unpaired) electrons.